The van der Waals surface area contributed by atoms with Crippen molar-refractivity contribution in [1.82, 2.24) is 10.0 Å². The van der Waals surface area contributed by atoms with Crippen molar-refractivity contribution in [2.45, 2.75) is 17.9 Å². The smallest absolute Gasteiger partial charge is 0.240 e. The summed E-state index contributed by atoms with van der Waals surface area (Å²) in [4.78, 5) is 0.347. The molecular formula is C14H18N2O2S2. The highest BCUT2D eigenvalue weighted by molar-refractivity contribution is 7.89. The van der Waals surface area contributed by atoms with Crippen LogP contribution in [0.15, 0.2) is 46.0 Å². The standard InChI is InChI=1S/C14H18N2O2S2/c1-15-10-13-4-2-3-5-14(13)20(17,18)16-8-6-12-7-9-19-11-12/h2-5,7,9,11,15-16H,6,8,10H2,1H3. The van der Waals surface area contributed by atoms with E-state index in [-0.39, 0.29) is 0 Å². The summed E-state index contributed by atoms with van der Waals surface area (Å²) in [7, 11) is -1.65. The Labute approximate surface area is 123 Å². The van der Waals surface area contributed by atoms with Crippen LogP contribution in [0.25, 0.3) is 0 Å². The first-order valence-electron chi connectivity index (χ1n) is 6.37. The van der Waals surface area contributed by atoms with Gasteiger partial charge < -0.3 is 5.32 Å². The Hall–Kier alpha value is -1.21. The highest BCUT2D eigenvalue weighted by atomic mass is 32.2. The zero-order valence-corrected chi connectivity index (χ0v) is 12.9. The lowest BCUT2D eigenvalue weighted by molar-refractivity contribution is 0.579. The van der Waals surface area contributed by atoms with E-state index in [1.807, 2.05) is 29.0 Å². The fourth-order valence-electron chi connectivity index (χ4n) is 1.94. The summed E-state index contributed by atoms with van der Waals surface area (Å²) >= 11 is 1.62. The molecule has 0 aliphatic rings. The number of rotatable bonds is 7. The molecule has 1 heterocycles. The predicted octanol–water partition coefficient (Wildman–Crippen LogP) is 1.99. The van der Waals surface area contributed by atoms with E-state index in [1.165, 1.54) is 0 Å². The lowest BCUT2D eigenvalue weighted by Crippen LogP contribution is -2.27. The van der Waals surface area contributed by atoms with E-state index < -0.39 is 10.0 Å². The van der Waals surface area contributed by atoms with Crippen molar-refractivity contribution in [2.75, 3.05) is 13.6 Å². The second-order valence-corrected chi connectivity index (χ2v) is 6.93. The number of sulfonamides is 1. The maximum Gasteiger partial charge on any atom is 0.240 e. The largest absolute Gasteiger partial charge is 0.316 e. The Bertz CT molecular complexity index is 637. The van der Waals surface area contributed by atoms with Crippen molar-refractivity contribution in [3.8, 4) is 0 Å². The van der Waals surface area contributed by atoms with Gasteiger partial charge in [0, 0.05) is 13.1 Å². The number of hydrogen-bond donors (Lipinski definition) is 2. The average Bonchev–Trinajstić information content (AvgIpc) is 2.92. The van der Waals surface area contributed by atoms with Crippen molar-refractivity contribution in [3.63, 3.8) is 0 Å². The Morgan fingerprint density at radius 2 is 2.00 bits per heavy atom. The van der Waals surface area contributed by atoms with Gasteiger partial charge in [0.25, 0.3) is 0 Å². The van der Waals surface area contributed by atoms with E-state index >= 15 is 0 Å². The van der Waals surface area contributed by atoms with Crippen LogP contribution < -0.4 is 10.0 Å². The molecule has 4 nitrogen and oxygen atoms in total. The molecule has 1 aromatic carbocycles. The lowest BCUT2D eigenvalue weighted by atomic mass is 10.2. The van der Waals surface area contributed by atoms with E-state index in [2.05, 4.69) is 10.0 Å². The van der Waals surface area contributed by atoms with Gasteiger partial charge in [-0.25, -0.2) is 13.1 Å². The first-order chi connectivity index (χ1) is 9.63. The van der Waals surface area contributed by atoms with Gasteiger partial charge in [-0.3, -0.25) is 0 Å². The molecule has 0 saturated carbocycles. The van der Waals surface area contributed by atoms with E-state index in [0.29, 0.717) is 24.4 Å². The van der Waals surface area contributed by atoms with Crippen LogP contribution in [0.4, 0.5) is 0 Å². The van der Waals surface area contributed by atoms with Gasteiger partial charge in [0.15, 0.2) is 0 Å². The molecule has 6 heteroatoms. The van der Waals surface area contributed by atoms with Gasteiger partial charge in [-0.2, -0.15) is 11.3 Å². The third-order valence-corrected chi connectivity index (χ3v) is 5.21. The third-order valence-electron chi connectivity index (χ3n) is 2.92. The van der Waals surface area contributed by atoms with Gasteiger partial charge in [0.05, 0.1) is 4.90 Å². The summed E-state index contributed by atoms with van der Waals surface area (Å²) in [5.41, 5.74) is 1.93. The molecule has 0 saturated heterocycles. The first kappa shape index (κ1) is 15.2. The molecule has 1 aromatic heterocycles. The summed E-state index contributed by atoms with van der Waals surface area (Å²) in [6.07, 6.45) is 0.705. The third kappa shape index (κ3) is 3.89. The zero-order valence-electron chi connectivity index (χ0n) is 11.3. The molecule has 0 spiro atoms. The number of benzene rings is 1. The molecule has 0 amide bonds. The molecule has 0 bridgehead atoms. The quantitative estimate of drug-likeness (QED) is 0.822. The Balaban J connectivity index is 2.06. The molecule has 2 rings (SSSR count). The summed E-state index contributed by atoms with van der Waals surface area (Å²) in [5, 5.41) is 7.01. The summed E-state index contributed by atoms with van der Waals surface area (Å²) in [6.45, 7) is 0.939. The number of nitrogens with one attached hydrogen (secondary N) is 2. The monoisotopic (exact) mass is 310 g/mol. The molecule has 0 atom stereocenters. The molecule has 2 aromatic rings. The van der Waals surface area contributed by atoms with Gasteiger partial charge in [-0.1, -0.05) is 18.2 Å². The van der Waals surface area contributed by atoms with Crippen LogP contribution in [0.2, 0.25) is 0 Å². The normalized spacial score (nSPS) is 11.7. The number of hydrogen-bond acceptors (Lipinski definition) is 4. The average molecular weight is 310 g/mol. The van der Waals surface area contributed by atoms with Crippen molar-refractivity contribution in [1.29, 1.82) is 0 Å². The minimum absolute atomic E-state index is 0.347. The molecule has 0 fully saturated rings. The van der Waals surface area contributed by atoms with Crippen LogP contribution in [-0.2, 0) is 23.0 Å². The van der Waals surface area contributed by atoms with Crippen LogP contribution >= 0.6 is 11.3 Å². The van der Waals surface area contributed by atoms with Crippen LogP contribution in [0, 0.1) is 0 Å². The SMILES string of the molecule is CNCc1ccccc1S(=O)(=O)NCCc1ccsc1. The second-order valence-electron chi connectivity index (χ2n) is 4.42. The summed E-state index contributed by atoms with van der Waals surface area (Å²) in [6, 6.07) is 9.06. The fourth-order valence-corrected chi connectivity index (χ4v) is 3.92. The summed E-state index contributed by atoms with van der Waals surface area (Å²) in [5.74, 6) is 0. The van der Waals surface area contributed by atoms with Crippen molar-refractivity contribution in [3.05, 3.63) is 52.2 Å². The molecular weight excluding hydrogens is 292 g/mol. The van der Waals surface area contributed by atoms with E-state index in [4.69, 9.17) is 0 Å². The van der Waals surface area contributed by atoms with Gasteiger partial charge in [0.2, 0.25) is 10.0 Å². The maximum absolute atomic E-state index is 12.3. The van der Waals surface area contributed by atoms with Crippen molar-refractivity contribution in [2.24, 2.45) is 0 Å². The zero-order chi connectivity index (χ0) is 14.4. The van der Waals surface area contributed by atoms with E-state index in [9.17, 15) is 8.42 Å². The Morgan fingerprint density at radius 1 is 1.20 bits per heavy atom. The number of thiophene rings is 1. The Kier molecular flexibility index (Phi) is 5.31. The molecule has 20 heavy (non-hydrogen) atoms. The molecule has 0 radical (unpaired) electrons. The van der Waals surface area contributed by atoms with E-state index in [0.717, 1.165) is 11.1 Å². The van der Waals surface area contributed by atoms with Gasteiger partial charge in [0.1, 0.15) is 0 Å². The minimum atomic E-state index is -3.45. The van der Waals surface area contributed by atoms with E-state index in [1.54, 1.807) is 30.5 Å². The van der Waals surface area contributed by atoms with Gasteiger partial charge in [-0.15, -0.1) is 0 Å². The van der Waals surface area contributed by atoms with Crippen LogP contribution in [0.5, 0.6) is 0 Å². The molecule has 0 unspecified atom stereocenters. The fraction of sp³-hybridized carbons (Fsp3) is 0.286. The first-order valence-corrected chi connectivity index (χ1v) is 8.79. The summed E-state index contributed by atoms with van der Waals surface area (Å²) < 4.78 is 27.3. The van der Waals surface area contributed by atoms with Gasteiger partial charge in [-0.05, 0) is 47.5 Å². The highest BCUT2D eigenvalue weighted by Gasteiger charge is 2.16. The minimum Gasteiger partial charge on any atom is -0.316 e. The second kappa shape index (κ2) is 6.99. The highest BCUT2D eigenvalue weighted by Crippen LogP contribution is 2.15. The predicted molar refractivity (Wildman–Crippen MR) is 82.4 cm³/mol. The van der Waals surface area contributed by atoms with Crippen LogP contribution in [0.3, 0.4) is 0 Å². The maximum atomic E-state index is 12.3. The molecule has 2 N–H and O–H groups in total. The van der Waals surface area contributed by atoms with Crippen molar-refractivity contribution < 1.29 is 8.42 Å². The molecule has 0 aliphatic heterocycles. The molecule has 0 aliphatic carbocycles. The van der Waals surface area contributed by atoms with Crippen LogP contribution in [0.1, 0.15) is 11.1 Å². The topological polar surface area (TPSA) is 58.2 Å². The van der Waals surface area contributed by atoms with Crippen molar-refractivity contribution >= 4 is 21.4 Å². The Morgan fingerprint density at radius 3 is 2.70 bits per heavy atom. The molecule has 108 valence electrons. The van der Waals surface area contributed by atoms with Crippen LogP contribution in [-0.4, -0.2) is 22.0 Å². The van der Waals surface area contributed by atoms with Gasteiger partial charge >= 0.3 is 0 Å². The lowest BCUT2D eigenvalue weighted by Gasteiger charge is -2.11.